The number of benzene rings is 2. The molecule has 0 bridgehead atoms. The maximum absolute atomic E-state index is 13.4. The van der Waals surface area contributed by atoms with E-state index in [-0.39, 0.29) is 16.3 Å². The molecule has 0 N–H and O–H groups in total. The van der Waals surface area contributed by atoms with E-state index in [1.807, 2.05) is 0 Å². The lowest BCUT2D eigenvalue weighted by atomic mass is 10.1. The largest absolute Gasteiger partial charge is 0.269 e. The van der Waals surface area contributed by atoms with E-state index in [1.165, 1.54) is 24.3 Å². The number of non-ortho nitro benzene ring substituents is 1. The van der Waals surface area contributed by atoms with Crippen LogP contribution >= 0.6 is 0 Å². The molecule has 0 heterocycles. The highest BCUT2D eigenvalue weighted by atomic mass is 32.2. The fraction of sp³-hybridized carbons (Fsp3) is 0.143. The zero-order valence-electron chi connectivity index (χ0n) is 10.5. The summed E-state index contributed by atoms with van der Waals surface area (Å²) in [5.74, 6) is -0.201. The summed E-state index contributed by atoms with van der Waals surface area (Å²) in [4.78, 5) is 10.2. The first-order valence-corrected chi connectivity index (χ1v) is 7.26. The minimum atomic E-state index is -1.42. The van der Waals surface area contributed by atoms with E-state index >= 15 is 0 Å². The van der Waals surface area contributed by atoms with Crippen LogP contribution in [0, 0.1) is 15.9 Å². The fourth-order valence-electron chi connectivity index (χ4n) is 1.73. The summed E-state index contributed by atoms with van der Waals surface area (Å²) in [6, 6.07) is 12.0. The third kappa shape index (κ3) is 3.48. The van der Waals surface area contributed by atoms with Crippen LogP contribution in [-0.4, -0.2) is 14.9 Å². The Morgan fingerprint density at radius 2 is 1.75 bits per heavy atom. The molecule has 2 aromatic rings. The van der Waals surface area contributed by atoms with Gasteiger partial charge < -0.3 is 0 Å². The van der Waals surface area contributed by atoms with Crippen LogP contribution in [0.4, 0.5) is 10.1 Å². The molecule has 1 unspecified atom stereocenters. The molecule has 0 aliphatic carbocycles. The Labute approximate surface area is 117 Å². The van der Waals surface area contributed by atoms with Gasteiger partial charge in [0, 0.05) is 17.9 Å². The van der Waals surface area contributed by atoms with Gasteiger partial charge in [0.15, 0.2) is 0 Å². The average Bonchev–Trinajstić information content (AvgIpc) is 2.45. The SMILES string of the molecule is O=[N+]([O-])c1ccc(CCS(=O)c2ccccc2F)cc1. The third-order valence-corrected chi connectivity index (χ3v) is 4.20. The molecule has 0 spiro atoms. The lowest BCUT2D eigenvalue weighted by molar-refractivity contribution is -0.384. The topological polar surface area (TPSA) is 60.2 Å². The van der Waals surface area contributed by atoms with Gasteiger partial charge in [0.1, 0.15) is 5.82 Å². The molecule has 0 aliphatic heterocycles. The van der Waals surface area contributed by atoms with Crippen molar-refractivity contribution in [2.24, 2.45) is 0 Å². The first-order valence-electron chi connectivity index (χ1n) is 5.94. The van der Waals surface area contributed by atoms with Gasteiger partial charge >= 0.3 is 0 Å². The Hall–Kier alpha value is -2.08. The molecule has 104 valence electrons. The number of rotatable bonds is 5. The molecule has 2 rings (SSSR count). The minimum absolute atomic E-state index is 0.0176. The predicted molar refractivity (Wildman–Crippen MR) is 74.5 cm³/mol. The lowest BCUT2D eigenvalue weighted by Crippen LogP contribution is -2.03. The van der Waals surface area contributed by atoms with Crippen LogP contribution in [0.15, 0.2) is 53.4 Å². The maximum atomic E-state index is 13.4. The molecule has 0 saturated heterocycles. The Balaban J connectivity index is 2.00. The molecule has 0 aliphatic rings. The highest BCUT2D eigenvalue weighted by Crippen LogP contribution is 2.15. The normalized spacial score (nSPS) is 12.1. The Kier molecular flexibility index (Phi) is 4.57. The van der Waals surface area contributed by atoms with E-state index in [0.29, 0.717) is 6.42 Å². The van der Waals surface area contributed by atoms with Crippen LogP contribution in [0.1, 0.15) is 5.56 Å². The smallest absolute Gasteiger partial charge is 0.258 e. The lowest BCUT2D eigenvalue weighted by Gasteiger charge is -2.04. The van der Waals surface area contributed by atoms with Crippen LogP contribution in [0.3, 0.4) is 0 Å². The van der Waals surface area contributed by atoms with Gasteiger partial charge in [-0.3, -0.25) is 14.3 Å². The van der Waals surface area contributed by atoms with Crippen molar-refractivity contribution in [2.75, 3.05) is 5.75 Å². The first-order chi connectivity index (χ1) is 9.58. The van der Waals surface area contributed by atoms with Crippen molar-refractivity contribution in [1.82, 2.24) is 0 Å². The van der Waals surface area contributed by atoms with Gasteiger partial charge in [-0.1, -0.05) is 24.3 Å². The van der Waals surface area contributed by atoms with Crippen molar-refractivity contribution in [2.45, 2.75) is 11.3 Å². The average molecular weight is 293 g/mol. The van der Waals surface area contributed by atoms with Gasteiger partial charge in [-0.25, -0.2) is 4.39 Å². The summed E-state index contributed by atoms with van der Waals surface area (Å²) >= 11 is 0. The second-order valence-corrected chi connectivity index (χ2v) is 5.69. The molecular weight excluding hydrogens is 281 g/mol. The third-order valence-electron chi connectivity index (χ3n) is 2.81. The number of nitrogens with zero attached hydrogens (tertiary/aromatic N) is 1. The van der Waals surface area contributed by atoms with Crippen molar-refractivity contribution in [3.8, 4) is 0 Å². The maximum Gasteiger partial charge on any atom is 0.269 e. The fourth-order valence-corrected chi connectivity index (χ4v) is 2.89. The number of nitro benzene ring substituents is 1. The number of halogens is 1. The van der Waals surface area contributed by atoms with E-state index in [0.717, 1.165) is 5.56 Å². The summed E-state index contributed by atoms with van der Waals surface area (Å²) in [6.07, 6.45) is 0.471. The second kappa shape index (κ2) is 6.38. The first kappa shape index (κ1) is 14.3. The number of hydrogen-bond donors (Lipinski definition) is 0. The van der Waals surface area contributed by atoms with E-state index in [9.17, 15) is 18.7 Å². The van der Waals surface area contributed by atoms with E-state index in [2.05, 4.69) is 0 Å². The van der Waals surface area contributed by atoms with Crippen molar-refractivity contribution in [1.29, 1.82) is 0 Å². The quantitative estimate of drug-likeness (QED) is 0.628. The van der Waals surface area contributed by atoms with Crippen LogP contribution in [-0.2, 0) is 17.2 Å². The van der Waals surface area contributed by atoms with Crippen molar-refractivity contribution >= 4 is 16.5 Å². The summed E-state index contributed by atoms with van der Waals surface area (Å²) in [5, 5.41) is 10.5. The van der Waals surface area contributed by atoms with Crippen LogP contribution in [0.5, 0.6) is 0 Å². The zero-order chi connectivity index (χ0) is 14.5. The summed E-state index contributed by atoms with van der Waals surface area (Å²) in [7, 11) is -1.42. The van der Waals surface area contributed by atoms with Crippen LogP contribution < -0.4 is 0 Å². The number of nitro groups is 1. The number of hydrogen-bond acceptors (Lipinski definition) is 3. The summed E-state index contributed by atoms with van der Waals surface area (Å²) in [6.45, 7) is 0. The number of aryl methyl sites for hydroxylation is 1. The van der Waals surface area contributed by atoms with Gasteiger partial charge in [0.25, 0.3) is 5.69 Å². The molecule has 2 aromatic carbocycles. The van der Waals surface area contributed by atoms with Crippen LogP contribution in [0.2, 0.25) is 0 Å². The van der Waals surface area contributed by atoms with E-state index in [1.54, 1.807) is 24.3 Å². The second-order valence-electron chi connectivity index (χ2n) is 4.15. The van der Waals surface area contributed by atoms with E-state index < -0.39 is 21.5 Å². The van der Waals surface area contributed by atoms with Gasteiger partial charge in [-0.2, -0.15) is 0 Å². The van der Waals surface area contributed by atoms with Gasteiger partial charge in [0.05, 0.1) is 20.6 Å². The molecule has 4 nitrogen and oxygen atoms in total. The molecule has 0 amide bonds. The summed E-state index contributed by atoms with van der Waals surface area (Å²) in [5.41, 5.74) is 0.851. The molecule has 0 radical (unpaired) electrons. The molecule has 0 aromatic heterocycles. The molecule has 20 heavy (non-hydrogen) atoms. The minimum Gasteiger partial charge on any atom is -0.258 e. The van der Waals surface area contributed by atoms with Crippen molar-refractivity contribution in [3.63, 3.8) is 0 Å². The van der Waals surface area contributed by atoms with Crippen molar-refractivity contribution in [3.05, 3.63) is 70.0 Å². The Morgan fingerprint density at radius 3 is 2.35 bits per heavy atom. The van der Waals surface area contributed by atoms with Gasteiger partial charge in [0.2, 0.25) is 0 Å². The van der Waals surface area contributed by atoms with Crippen LogP contribution in [0.25, 0.3) is 0 Å². The highest BCUT2D eigenvalue weighted by molar-refractivity contribution is 7.85. The standard InChI is InChI=1S/C14H12FNO3S/c15-13-3-1-2-4-14(13)20(19)10-9-11-5-7-12(8-6-11)16(17)18/h1-8H,9-10H2. The molecular formula is C14H12FNO3S. The molecule has 1 atom stereocenters. The zero-order valence-corrected chi connectivity index (χ0v) is 11.3. The monoisotopic (exact) mass is 293 g/mol. The molecule has 0 saturated carbocycles. The Morgan fingerprint density at radius 1 is 1.10 bits per heavy atom. The molecule has 0 fully saturated rings. The van der Waals surface area contributed by atoms with Gasteiger partial charge in [-0.05, 0) is 24.1 Å². The summed E-state index contributed by atoms with van der Waals surface area (Å²) < 4.78 is 25.4. The molecule has 6 heteroatoms. The highest BCUT2D eigenvalue weighted by Gasteiger charge is 2.10. The van der Waals surface area contributed by atoms with E-state index in [4.69, 9.17) is 0 Å². The van der Waals surface area contributed by atoms with Gasteiger partial charge in [-0.15, -0.1) is 0 Å². The Bertz CT molecular complexity index is 643. The van der Waals surface area contributed by atoms with Crippen molar-refractivity contribution < 1.29 is 13.5 Å². The predicted octanol–water partition coefficient (Wildman–Crippen LogP) is 3.08.